The zero-order valence-electron chi connectivity index (χ0n) is 11.2. The lowest BCUT2D eigenvalue weighted by Gasteiger charge is -2.41. The van der Waals surface area contributed by atoms with Crippen molar-refractivity contribution in [2.45, 2.75) is 44.1 Å². The summed E-state index contributed by atoms with van der Waals surface area (Å²) >= 11 is 0. The van der Waals surface area contributed by atoms with Gasteiger partial charge in [-0.1, -0.05) is 6.07 Å². The van der Waals surface area contributed by atoms with E-state index in [4.69, 9.17) is 4.74 Å². The van der Waals surface area contributed by atoms with Crippen LogP contribution in [-0.4, -0.2) is 17.3 Å². The summed E-state index contributed by atoms with van der Waals surface area (Å²) in [5.74, 6) is -1.37. The first-order chi connectivity index (χ1) is 9.04. The van der Waals surface area contributed by atoms with Crippen molar-refractivity contribution in [3.05, 3.63) is 35.1 Å². The maximum Gasteiger partial charge on any atom is 0.419 e. The van der Waals surface area contributed by atoms with Crippen LogP contribution in [-0.2, 0) is 16.5 Å². The Morgan fingerprint density at radius 1 is 1.25 bits per heavy atom. The molecule has 0 aromatic heterocycles. The summed E-state index contributed by atoms with van der Waals surface area (Å²) in [6, 6.07) is 2.57. The molecule has 0 radical (unpaired) electrons. The van der Waals surface area contributed by atoms with E-state index in [0.717, 1.165) is 12.1 Å². The van der Waals surface area contributed by atoms with Crippen LogP contribution in [0.25, 0.3) is 0 Å². The van der Waals surface area contributed by atoms with Gasteiger partial charge in [0.25, 0.3) is 0 Å². The predicted octanol–water partition coefficient (Wildman–Crippen LogP) is 3.62. The molecule has 1 aromatic rings. The number of ether oxygens (including phenoxy) is 1. The summed E-state index contributed by atoms with van der Waals surface area (Å²) in [7, 11) is 0. The normalized spacial score (nSPS) is 26.6. The van der Waals surface area contributed by atoms with Crippen LogP contribution in [0, 0.1) is 5.82 Å². The Kier molecular flexibility index (Phi) is 3.59. The molecule has 1 heterocycles. The van der Waals surface area contributed by atoms with Crippen LogP contribution in [0.4, 0.5) is 17.6 Å². The Balaban J connectivity index is 2.36. The van der Waals surface area contributed by atoms with Crippen molar-refractivity contribution in [2.24, 2.45) is 0 Å². The third kappa shape index (κ3) is 2.96. The summed E-state index contributed by atoms with van der Waals surface area (Å²) in [4.78, 5) is 0. The van der Waals surface area contributed by atoms with Crippen LogP contribution in [0.3, 0.4) is 0 Å². The molecule has 112 valence electrons. The molecule has 1 aromatic carbocycles. The molecule has 0 amide bonds. The van der Waals surface area contributed by atoms with E-state index < -0.39 is 28.8 Å². The second-order valence-corrected chi connectivity index (χ2v) is 5.76. The fourth-order valence-corrected chi connectivity index (χ4v) is 2.62. The smallest absolute Gasteiger partial charge is 0.385 e. The van der Waals surface area contributed by atoms with Gasteiger partial charge in [0.1, 0.15) is 5.82 Å². The second-order valence-electron chi connectivity index (χ2n) is 5.76. The molecule has 0 saturated carbocycles. The van der Waals surface area contributed by atoms with E-state index >= 15 is 0 Å². The van der Waals surface area contributed by atoms with Crippen molar-refractivity contribution in [1.29, 1.82) is 0 Å². The molecule has 20 heavy (non-hydrogen) atoms. The van der Waals surface area contributed by atoms with Crippen LogP contribution < -0.4 is 0 Å². The summed E-state index contributed by atoms with van der Waals surface area (Å²) in [6.45, 7) is 3.82. The minimum absolute atomic E-state index is 0.152. The van der Waals surface area contributed by atoms with Gasteiger partial charge in [-0.05, 0) is 31.5 Å². The highest BCUT2D eigenvalue weighted by Crippen LogP contribution is 2.41. The van der Waals surface area contributed by atoms with Gasteiger partial charge in [-0.2, -0.15) is 13.2 Å². The molecule has 2 nitrogen and oxygen atoms in total. The lowest BCUT2D eigenvalue weighted by molar-refractivity contribution is -0.149. The van der Waals surface area contributed by atoms with Crippen molar-refractivity contribution >= 4 is 0 Å². The average molecular weight is 292 g/mol. The minimum Gasteiger partial charge on any atom is -0.385 e. The van der Waals surface area contributed by atoms with Crippen molar-refractivity contribution in [2.75, 3.05) is 6.61 Å². The zero-order valence-corrected chi connectivity index (χ0v) is 11.2. The highest BCUT2D eigenvalue weighted by Gasteiger charge is 2.42. The quantitative estimate of drug-likeness (QED) is 0.801. The molecule has 0 bridgehead atoms. The van der Waals surface area contributed by atoms with Gasteiger partial charge in [0, 0.05) is 12.8 Å². The third-order valence-electron chi connectivity index (χ3n) is 3.54. The van der Waals surface area contributed by atoms with Gasteiger partial charge in [0.15, 0.2) is 0 Å². The number of halogens is 4. The summed E-state index contributed by atoms with van der Waals surface area (Å²) in [5.41, 5.74) is -3.14. The van der Waals surface area contributed by atoms with Crippen molar-refractivity contribution < 1.29 is 27.4 Å². The number of hydrogen-bond acceptors (Lipinski definition) is 2. The van der Waals surface area contributed by atoms with E-state index in [-0.39, 0.29) is 25.0 Å². The Morgan fingerprint density at radius 3 is 2.40 bits per heavy atom. The Morgan fingerprint density at radius 2 is 1.90 bits per heavy atom. The molecule has 1 unspecified atom stereocenters. The minimum atomic E-state index is -4.74. The number of hydrogen-bond donors (Lipinski definition) is 1. The van der Waals surface area contributed by atoms with Crippen LogP contribution in [0.2, 0.25) is 0 Å². The lowest BCUT2D eigenvalue weighted by atomic mass is 9.79. The molecule has 1 N–H and O–H groups in total. The predicted molar refractivity (Wildman–Crippen MR) is 64.6 cm³/mol. The maximum atomic E-state index is 13.6. The molecule has 1 aliphatic rings. The number of rotatable bonds is 1. The Labute approximate surface area is 114 Å². The molecule has 1 aliphatic heterocycles. The Bertz CT molecular complexity index is 510. The fraction of sp³-hybridized carbons (Fsp3) is 0.571. The standard InChI is InChI=1S/C14H16F4O2/c1-12(2)8-13(19,5-6-20-12)9-3-4-10(11(15)7-9)14(16,17)18/h3-4,7,19H,5-6,8H2,1-2H3. The number of alkyl halides is 3. The molecule has 0 spiro atoms. The van der Waals surface area contributed by atoms with Gasteiger partial charge >= 0.3 is 6.18 Å². The second kappa shape index (κ2) is 4.70. The van der Waals surface area contributed by atoms with E-state index in [1.807, 2.05) is 0 Å². The van der Waals surface area contributed by atoms with Gasteiger partial charge < -0.3 is 9.84 Å². The SMILES string of the molecule is CC1(C)CC(O)(c2ccc(C(F)(F)F)c(F)c2)CCO1. The first-order valence-electron chi connectivity index (χ1n) is 6.27. The van der Waals surface area contributed by atoms with E-state index in [9.17, 15) is 22.7 Å². The monoisotopic (exact) mass is 292 g/mol. The first-order valence-corrected chi connectivity index (χ1v) is 6.27. The number of aliphatic hydroxyl groups is 1. The molecular formula is C14H16F4O2. The highest BCUT2D eigenvalue weighted by molar-refractivity contribution is 5.31. The average Bonchev–Trinajstić information content (AvgIpc) is 2.25. The molecule has 6 heteroatoms. The van der Waals surface area contributed by atoms with Crippen LogP contribution in [0.15, 0.2) is 18.2 Å². The summed E-state index contributed by atoms with van der Waals surface area (Å²) < 4.78 is 56.6. The number of benzene rings is 1. The van der Waals surface area contributed by atoms with E-state index in [2.05, 4.69) is 0 Å². The van der Waals surface area contributed by atoms with Gasteiger partial charge in [0.05, 0.1) is 23.4 Å². The zero-order chi connectivity index (χ0) is 15.2. The van der Waals surface area contributed by atoms with E-state index in [1.165, 1.54) is 0 Å². The maximum absolute atomic E-state index is 13.6. The lowest BCUT2D eigenvalue weighted by Crippen LogP contribution is -2.44. The first kappa shape index (κ1) is 15.3. The third-order valence-corrected chi connectivity index (χ3v) is 3.54. The molecular weight excluding hydrogens is 276 g/mol. The highest BCUT2D eigenvalue weighted by atomic mass is 19.4. The van der Waals surface area contributed by atoms with Gasteiger partial charge in [-0.15, -0.1) is 0 Å². The molecule has 0 aliphatic carbocycles. The molecule has 1 atom stereocenters. The van der Waals surface area contributed by atoms with E-state index in [0.29, 0.717) is 6.07 Å². The van der Waals surface area contributed by atoms with Gasteiger partial charge in [0.2, 0.25) is 0 Å². The van der Waals surface area contributed by atoms with Crippen LogP contribution >= 0.6 is 0 Å². The van der Waals surface area contributed by atoms with E-state index in [1.54, 1.807) is 13.8 Å². The van der Waals surface area contributed by atoms with Crippen LogP contribution in [0.5, 0.6) is 0 Å². The summed E-state index contributed by atoms with van der Waals surface area (Å²) in [5, 5.41) is 10.6. The topological polar surface area (TPSA) is 29.5 Å². The van der Waals surface area contributed by atoms with Gasteiger partial charge in [-0.3, -0.25) is 0 Å². The molecule has 2 rings (SSSR count). The summed E-state index contributed by atoms with van der Waals surface area (Å²) in [6.07, 6.45) is -4.31. The largest absolute Gasteiger partial charge is 0.419 e. The molecule has 1 fully saturated rings. The fourth-order valence-electron chi connectivity index (χ4n) is 2.62. The Hall–Kier alpha value is -1.14. The molecule has 1 saturated heterocycles. The van der Waals surface area contributed by atoms with Crippen molar-refractivity contribution in [3.8, 4) is 0 Å². The van der Waals surface area contributed by atoms with Crippen molar-refractivity contribution in [3.63, 3.8) is 0 Å². The van der Waals surface area contributed by atoms with Crippen LogP contribution in [0.1, 0.15) is 37.8 Å². The van der Waals surface area contributed by atoms with Crippen molar-refractivity contribution in [1.82, 2.24) is 0 Å². The van der Waals surface area contributed by atoms with Gasteiger partial charge in [-0.25, -0.2) is 4.39 Å².